The highest BCUT2D eigenvalue weighted by Gasteiger charge is 2.25. The van der Waals surface area contributed by atoms with Crippen molar-refractivity contribution in [2.24, 2.45) is 0 Å². The first-order valence-electron chi connectivity index (χ1n) is 13.4. The van der Waals surface area contributed by atoms with Gasteiger partial charge in [0, 0.05) is 46.8 Å². The van der Waals surface area contributed by atoms with E-state index in [9.17, 15) is 4.39 Å². The van der Waals surface area contributed by atoms with Crippen molar-refractivity contribution in [2.75, 3.05) is 26.3 Å². The Bertz CT molecular complexity index is 1480. The minimum absolute atomic E-state index is 0.142. The fraction of sp³-hybridized carbons (Fsp3) is 0.312. The lowest BCUT2D eigenvalue weighted by Gasteiger charge is -2.19. The van der Waals surface area contributed by atoms with Crippen molar-refractivity contribution in [3.05, 3.63) is 99.2 Å². The minimum Gasteiger partial charge on any atom is -0.489 e. The van der Waals surface area contributed by atoms with Gasteiger partial charge in [0.15, 0.2) is 0 Å². The quantitative estimate of drug-likeness (QED) is 0.250. The average molecular weight is 550 g/mol. The van der Waals surface area contributed by atoms with E-state index < -0.39 is 0 Å². The van der Waals surface area contributed by atoms with Gasteiger partial charge in [0.1, 0.15) is 11.9 Å². The molecule has 0 saturated carbocycles. The second kappa shape index (κ2) is 11.1. The van der Waals surface area contributed by atoms with E-state index in [4.69, 9.17) is 27.9 Å². The van der Waals surface area contributed by atoms with Gasteiger partial charge < -0.3 is 9.72 Å². The summed E-state index contributed by atoms with van der Waals surface area (Å²) in [6.45, 7) is 2.35. The monoisotopic (exact) mass is 548 g/mol. The zero-order valence-electron chi connectivity index (χ0n) is 21.3. The van der Waals surface area contributed by atoms with E-state index >= 15 is 0 Å². The van der Waals surface area contributed by atoms with Crippen LogP contribution in [0, 0.1) is 0 Å². The Morgan fingerprint density at radius 2 is 1.82 bits per heavy atom. The van der Waals surface area contributed by atoms with Crippen LogP contribution in [0.25, 0.3) is 22.0 Å². The first-order chi connectivity index (χ1) is 18.6. The molecule has 0 unspecified atom stereocenters. The van der Waals surface area contributed by atoms with Crippen molar-refractivity contribution in [1.82, 2.24) is 9.88 Å². The van der Waals surface area contributed by atoms with Crippen molar-refractivity contribution in [2.45, 2.75) is 38.2 Å². The Morgan fingerprint density at radius 3 is 2.63 bits per heavy atom. The lowest BCUT2D eigenvalue weighted by Crippen LogP contribution is -2.26. The molecule has 1 saturated heterocycles. The second-order valence-corrected chi connectivity index (χ2v) is 11.1. The number of allylic oxidation sites excluding steroid dienone is 1. The Morgan fingerprint density at radius 1 is 0.974 bits per heavy atom. The predicted octanol–water partition coefficient (Wildman–Crippen LogP) is 8.58. The number of aromatic nitrogens is 1. The van der Waals surface area contributed by atoms with E-state index in [0.717, 1.165) is 67.7 Å². The number of aryl methyl sites for hydroxylation is 1. The van der Waals surface area contributed by atoms with Gasteiger partial charge in [0.05, 0.1) is 6.67 Å². The maximum Gasteiger partial charge on any atom is 0.119 e. The molecule has 1 N–H and O–H groups in total. The normalized spacial score (nSPS) is 18.1. The number of likely N-dealkylation sites (tertiary alicyclic amines) is 1. The lowest BCUT2D eigenvalue weighted by molar-refractivity contribution is 0.198. The molecule has 38 heavy (non-hydrogen) atoms. The van der Waals surface area contributed by atoms with Crippen LogP contribution in [0.4, 0.5) is 4.39 Å². The number of H-pyrrole nitrogens is 1. The molecule has 0 bridgehead atoms. The fourth-order valence-corrected chi connectivity index (χ4v) is 6.56. The number of halogens is 3. The van der Waals surface area contributed by atoms with Crippen LogP contribution in [-0.4, -0.2) is 42.3 Å². The van der Waals surface area contributed by atoms with Gasteiger partial charge in [-0.25, -0.2) is 0 Å². The van der Waals surface area contributed by atoms with E-state index in [-0.39, 0.29) is 12.8 Å². The number of ether oxygens (including phenoxy) is 1. The predicted molar refractivity (Wildman–Crippen MR) is 156 cm³/mol. The van der Waals surface area contributed by atoms with Crippen LogP contribution in [0.3, 0.4) is 0 Å². The van der Waals surface area contributed by atoms with Gasteiger partial charge in [-0.2, -0.15) is 0 Å². The Kier molecular flexibility index (Phi) is 7.47. The number of hydrogen-bond donors (Lipinski definition) is 1. The summed E-state index contributed by atoms with van der Waals surface area (Å²) >= 11 is 13.0. The molecule has 0 spiro atoms. The van der Waals surface area contributed by atoms with Crippen LogP contribution < -0.4 is 4.74 Å². The van der Waals surface area contributed by atoms with Gasteiger partial charge in [-0.05, 0) is 102 Å². The molecular formula is C32H31Cl2FN2O. The maximum absolute atomic E-state index is 12.6. The largest absolute Gasteiger partial charge is 0.489 e. The molecule has 0 amide bonds. The van der Waals surface area contributed by atoms with Crippen molar-refractivity contribution in [3.8, 4) is 5.75 Å². The van der Waals surface area contributed by atoms with Gasteiger partial charge in [0.25, 0.3) is 0 Å². The average Bonchev–Trinajstić information content (AvgIpc) is 3.54. The molecule has 3 aromatic carbocycles. The maximum atomic E-state index is 12.6. The molecule has 1 fully saturated rings. The fourth-order valence-electron chi connectivity index (χ4n) is 6.03. The number of nitrogens with zero attached hydrogens (tertiary/aromatic N) is 1. The zero-order chi connectivity index (χ0) is 26.1. The van der Waals surface area contributed by atoms with Gasteiger partial charge in [0.2, 0.25) is 0 Å². The second-order valence-electron chi connectivity index (χ2n) is 10.3. The van der Waals surface area contributed by atoms with Crippen LogP contribution in [0.2, 0.25) is 10.0 Å². The van der Waals surface area contributed by atoms with Crippen LogP contribution in [0.1, 0.15) is 47.9 Å². The van der Waals surface area contributed by atoms with Crippen LogP contribution in [0.15, 0.2) is 66.9 Å². The molecule has 2 heterocycles. The highest BCUT2D eigenvalue weighted by Crippen LogP contribution is 2.44. The summed E-state index contributed by atoms with van der Waals surface area (Å²) < 4.78 is 18.9. The molecule has 0 radical (unpaired) electrons. The molecule has 196 valence electrons. The number of nitrogens with one attached hydrogen (secondary N) is 1. The third-order valence-electron chi connectivity index (χ3n) is 7.81. The number of hydrogen-bond acceptors (Lipinski definition) is 2. The number of alkyl halides is 1. The highest BCUT2D eigenvalue weighted by atomic mass is 35.5. The van der Waals surface area contributed by atoms with Gasteiger partial charge >= 0.3 is 0 Å². The topological polar surface area (TPSA) is 28.3 Å². The van der Waals surface area contributed by atoms with Crippen molar-refractivity contribution in [3.63, 3.8) is 0 Å². The summed E-state index contributed by atoms with van der Waals surface area (Å²) in [5, 5.41) is 2.59. The summed E-state index contributed by atoms with van der Waals surface area (Å²) in [7, 11) is 0. The number of rotatable bonds is 7. The molecule has 6 rings (SSSR count). The first-order valence-corrected chi connectivity index (χ1v) is 14.2. The molecule has 1 atom stereocenters. The molecule has 1 aliphatic carbocycles. The number of fused-ring (bicyclic) bond motifs is 3. The minimum atomic E-state index is -0.263. The summed E-state index contributed by atoms with van der Waals surface area (Å²) in [5.41, 5.74) is 8.43. The van der Waals surface area contributed by atoms with Crippen LogP contribution in [-0.2, 0) is 6.42 Å². The van der Waals surface area contributed by atoms with E-state index in [0.29, 0.717) is 16.5 Å². The Labute approximate surface area is 233 Å². The van der Waals surface area contributed by atoms with Crippen molar-refractivity contribution in [1.29, 1.82) is 0 Å². The van der Waals surface area contributed by atoms with E-state index in [1.807, 2.05) is 24.4 Å². The molecule has 3 nitrogen and oxygen atoms in total. The summed E-state index contributed by atoms with van der Waals surface area (Å²) in [4.78, 5) is 5.66. The third kappa shape index (κ3) is 5.10. The van der Waals surface area contributed by atoms with E-state index in [1.165, 1.54) is 27.7 Å². The van der Waals surface area contributed by atoms with E-state index in [2.05, 4.69) is 52.3 Å². The SMILES string of the molecule is FCCCN1CC[C@H](Oc2ccc(C3=C(c4ccc(Cl)cc4Cl)CCCc4c3ccc3[nH]ccc43)cc2)C1. The molecule has 1 aliphatic heterocycles. The summed E-state index contributed by atoms with van der Waals surface area (Å²) in [6.07, 6.45) is 6.69. The smallest absolute Gasteiger partial charge is 0.119 e. The molecule has 1 aromatic heterocycles. The van der Waals surface area contributed by atoms with Crippen molar-refractivity contribution >= 4 is 45.3 Å². The Hall–Kier alpha value is -2.79. The summed E-state index contributed by atoms with van der Waals surface area (Å²) in [5.74, 6) is 0.868. The van der Waals surface area contributed by atoms with Gasteiger partial charge in [-0.3, -0.25) is 9.29 Å². The van der Waals surface area contributed by atoms with Gasteiger partial charge in [-0.15, -0.1) is 0 Å². The molecule has 2 aliphatic rings. The third-order valence-corrected chi connectivity index (χ3v) is 8.36. The molecule has 4 aromatic rings. The van der Waals surface area contributed by atoms with E-state index in [1.54, 1.807) is 0 Å². The lowest BCUT2D eigenvalue weighted by atomic mass is 9.87. The zero-order valence-corrected chi connectivity index (χ0v) is 22.8. The Balaban J connectivity index is 1.38. The molecule has 6 heteroatoms. The summed E-state index contributed by atoms with van der Waals surface area (Å²) in [6, 6.07) is 20.9. The number of benzene rings is 3. The van der Waals surface area contributed by atoms with Crippen LogP contribution >= 0.6 is 23.2 Å². The van der Waals surface area contributed by atoms with Gasteiger partial charge in [-0.1, -0.05) is 47.5 Å². The highest BCUT2D eigenvalue weighted by molar-refractivity contribution is 6.36. The number of aromatic amines is 1. The standard InChI is InChI=1S/C32H31Cl2FN2O/c33-22-7-10-26(30(34)19-22)28-4-1-3-25-27-13-16-36-31(27)12-11-29(25)32(28)21-5-8-23(9-6-21)38-24-14-18-37(20-24)17-2-15-35/h5-13,16,19,24,36H,1-4,14-15,17-18,20H2/t24-/m0/s1. The molecular weight excluding hydrogens is 518 g/mol. The van der Waals surface area contributed by atoms with Crippen molar-refractivity contribution < 1.29 is 9.13 Å². The first kappa shape index (κ1) is 25.5. The van der Waals surface area contributed by atoms with Crippen LogP contribution in [0.5, 0.6) is 5.75 Å².